The first-order valence-electron chi connectivity index (χ1n) is 10.1. The first-order valence-corrected chi connectivity index (χ1v) is 10.5. The van der Waals surface area contributed by atoms with Crippen LogP contribution in [0.15, 0.2) is 66.9 Å². The predicted octanol–water partition coefficient (Wildman–Crippen LogP) is 4.26. The van der Waals surface area contributed by atoms with Crippen molar-refractivity contribution < 1.29 is 9.59 Å². The molecule has 0 spiro atoms. The third kappa shape index (κ3) is 4.86. The number of nitrogens with one attached hydrogen (secondary N) is 1. The molecule has 0 bridgehead atoms. The van der Waals surface area contributed by atoms with Crippen molar-refractivity contribution >= 4 is 34.9 Å². The second-order valence-corrected chi connectivity index (χ2v) is 7.90. The molecule has 1 aliphatic rings. The van der Waals surface area contributed by atoms with E-state index in [1.165, 1.54) is 0 Å². The molecule has 2 amide bonds. The molecular weight excluding hydrogens is 412 g/mol. The van der Waals surface area contributed by atoms with Gasteiger partial charge in [0.2, 0.25) is 0 Å². The lowest BCUT2D eigenvalue weighted by atomic mass is 10.1. The van der Waals surface area contributed by atoms with Crippen LogP contribution in [0.1, 0.15) is 26.3 Å². The van der Waals surface area contributed by atoms with Gasteiger partial charge in [0.15, 0.2) is 0 Å². The first-order chi connectivity index (χ1) is 15.0. The highest BCUT2D eigenvalue weighted by Crippen LogP contribution is 2.21. The fraction of sp³-hybridized carbons (Fsp3) is 0.208. The molecule has 158 valence electrons. The zero-order chi connectivity index (χ0) is 21.8. The molecule has 3 aromatic rings. The van der Waals surface area contributed by atoms with Gasteiger partial charge in [-0.3, -0.25) is 9.59 Å². The Kier molecular flexibility index (Phi) is 6.18. The fourth-order valence-electron chi connectivity index (χ4n) is 3.55. The van der Waals surface area contributed by atoms with Gasteiger partial charge in [-0.05, 0) is 48.9 Å². The number of anilines is 2. The zero-order valence-corrected chi connectivity index (χ0v) is 18.0. The molecule has 2 heterocycles. The second kappa shape index (κ2) is 9.18. The van der Waals surface area contributed by atoms with Gasteiger partial charge in [0.05, 0.1) is 5.02 Å². The highest BCUT2D eigenvalue weighted by atomic mass is 35.5. The van der Waals surface area contributed by atoms with Crippen molar-refractivity contribution in [2.24, 2.45) is 0 Å². The van der Waals surface area contributed by atoms with Crippen LogP contribution in [-0.4, -0.2) is 47.9 Å². The number of benzene rings is 2. The number of hydrogen-bond acceptors (Lipinski definition) is 4. The van der Waals surface area contributed by atoms with Crippen LogP contribution in [0.2, 0.25) is 5.02 Å². The molecule has 7 heteroatoms. The Labute approximate surface area is 186 Å². The van der Waals surface area contributed by atoms with E-state index in [9.17, 15) is 9.59 Å². The molecule has 0 atom stereocenters. The van der Waals surface area contributed by atoms with Gasteiger partial charge in [0.1, 0.15) is 5.82 Å². The van der Waals surface area contributed by atoms with Crippen LogP contribution >= 0.6 is 11.6 Å². The van der Waals surface area contributed by atoms with E-state index in [0.717, 1.165) is 11.4 Å². The van der Waals surface area contributed by atoms with Gasteiger partial charge >= 0.3 is 0 Å². The highest BCUT2D eigenvalue weighted by Gasteiger charge is 2.23. The summed E-state index contributed by atoms with van der Waals surface area (Å²) in [6.07, 6.45) is 1.63. The smallest absolute Gasteiger partial charge is 0.255 e. The van der Waals surface area contributed by atoms with Crippen LogP contribution in [0.25, 0.3) is 0 Å². The number of carbonyl (C=O) groups is 2. The minimum Gasteiger partial charge on any atom is -0.353 e. The van der Waals surface area contributed by atoms with Crippen molar-refractivity contribution in [2.75, 3.05) is 36.4 Å². The summed E-state index contributed by atoms with van der Waals surface area (Å²) in [5.41, 5.74) is 2.68. The number of aryl methyl sites for hydroxylation is 1. The summed E-state index contributed by atoms with van der Waals surface area (Å²) < 4.78 is 0. The van der Waals surface area contributed by atoms with Crippen LogP contribution < -0.4 is 10.2 Å². The van der Waals surface area contributed by atoms with Gasteiger partial charge in [-0.2, -0.15) is 0 Å². The molecule has 1 fully saturated rings. The number of piperazine rings is 1. The van der Waals surface area contributed by atoms with Crippen molar-refractivity contribution in [1.29, 1.82) is 0 Å². The molecule has 0 aliphatic carbocycles. The largest absolute Gasteiger partial charge is 0.353 e. The molecular formula is C24H23ClN4O2. The van der Waals surface area contributed by atoms with E-state index in [0.29, 0.717) is 48.0 Å². The lowest BCUT2D eigenvalue weighted by molar-refractivity contribution is 0.0746. The average Bonchev–Trinajstić information content (AvgIpc) is 2.81. The third-order valence-corrected chi connectivity index (χ3v) is 5.59. The summed E-state index contributed by atoms with van der Waals surface area (Å²) in [6, 6.07) is 18.2. The summed E-state index contributed by atoms with van der Waals surface area (Å²) in [4.78, 5) is 33.9. The van der Waals surface area contributed by atoms with E-state index >= 15 is 0 Å². The first kappa shape index (κ1) is 20.9. The minimum absolute atomic E-state index is 0.0427. The van der Waals surface area contributed by atoms with Gasteiger partial charge < -0.3 is 15.1 Å². The van der Waals surface area contributed by atoms with Crippen molar-refractivity contribution in [1.82, 2.24) is 9.88 Å². The Bertz CT molecular complexity index is 1080. The normalized spacial score (nSPS) is 13.7. The average molecular weight is 435 g/mol. The van der Waals surface area contributed by atoms with Crippen molar-refractivity contribution in [3.8, 4) is 0 Å². The van der Waals surface area contributed by atoms with E-state index in [-0.39, 0.29) is 11.8 Å². The highest BCUT2D eigenvalue weighted by molar-refractivity contribution is 6.30. The van der Waals surface area contributed by atoms with E-state index in [4.69, 9.17) is 11.6 Å². The van der Waals surface area contributed by atoms with Gasteiger partial charge in [-0.1, -0.05) is 35.9 Å². The Morgan fingerprint density at radius 1 is 0.935 bits per heavy atom. The molecule has 0 unspecified atom stereocenters. The summed E-state index contributed by atoms with van der Waals surface area (Å²) in [7, 11) is 0. The second-order valence-electron chi connectivity index (χ2n) is 7.46. The van der Waals surface area contributed by atoms with Crippen molar-refractivity contribution in [2.45, 2.75) is 6.92 Å². The number of nitrogens with zero attached hydrogens (tertiary/aromatic N) is 3. The summed E-state index contributed by atoms with van der Waals surface area (Å²) >= 11 is 5.91. The molecule has 31 heavy (non-hydrogen) atoms. The lowest BCUT2D eigenvalue weighted by Gasteiger charge is -2.35. The quantitative estimate of drug-likeness (QED) is 0.666. The Balaban J connectivity index is 1.42. The number of carbonyl (C=O) groups excluding carboxylic acids is 2. The standard InChI is InChI=1S/C24H23ClN4O2/c1-17-7-8-19(15-21(17)27-23(30)18-5-3-2-4-6-18)24(31)29-13-11-28(12-14-29)22-10-9-20(25)16-26-22/h2-10,15-16H,11-14H2,1H3,(H,27,30). The van der Waals surface area contributed by atoms with Crippen molar-refractivity contribution in [3.63, 3.8) is 0 Å². The Morgan fingerprint density at radius 3 is 2.35 bits per heavy atom. The molecule has 1 saturated heterocycles. The Hall–Kier alpha value is -3.38. The number of pyridine rings is 1. The van der Waals surface area contributed by atoms with E-state index in [1.54, 1.807) is 24.4 Å². The van der Waals surface area contributed by atoms with Crippen molar-refractivity contribution in [3.05, 3.63) is 88.6 Å². The molecule has 2 aromatic carbocycles. The zero-order valence-electron chi connectivity index (χ0n) is 17.2. The van der Waals surface area contributed by atoms with Gasteiger partial charge in [0.25, 0.3) is 11.8 Å². The van der Waals surface area contributed by atoms with Gasteiger partial charge in [-0.25, -0.2) is 4.98 Å². The maximum Gasteiger partial charge on any atom is 0.255 e. The van der Waals surface area contributed by atoms with Gasteiger partial charge in [-0.15, -0.1) is 0 Å². The summed E-state index contributed by atoms with van der Waals surface area (Å²) in [5.74, 6) is 0.619. The van der Waals surface area contributed by atoms with Crippen LogP contribution in [0.4, 0.5) is 11.5 Å². The SMILES string of the molecule is Cc1ccc(C(=O)N2CCN(c3ccc(Cl)cn3)CC2)cc1NC(=O)c1ccccc1. The topological polar surface area (TPSA) is 65.5 Å². The number of hydrogen-bond donors (Lipinski definition) is 1. The third-order valence-electron chi connectivity index (χ3n) is 5.37. The minimum atomic E-state index is -0.197. The van der Waals surface area contributed by atoms with Crippen LogP contribution in [0, 0.1) is 6.92 Å². The summed E-state index contributed by atoms with van der Waals surface area (Å²) in [6.45, 7) is 4.51. The number of halogens is 1. The maximum atomic E-state index is 13.1. The molecule has 4 rings (SSSR count). The summed E-state index contributed by atoms with van der Waals surface area (Å²) in [5, 5.41) is 3.52. The van der Waals surface area contributed by atoms with E-state index in [1.807, 2.05) is 54.3 Å². The lowest BCUT2D eigenvalue weighted by Crippen LogP contribution is -2.49. The predicted molar refractivity (Wildman–Crippen MR) is 123 cm³/mol. The molecule has 6 nitrogen and oxygen atoms in total. The van der Waals surface area contributed by atoms with E-state index in [2.05, 4.69) is 15.2 Å². The van der Waals surface area contributed by atoms with Crippen LogP contribution in [0.3, 0.4) is 0 Å². The van der Waals surface area contributed by atoms with Crippen LogP contribution in [0.5, 0.6) is 0 Å². The Morgan fingerprint density at radius 2 is 1.68 bits per heavy atom. The van der Waals surface area contributed by atoms with E-state index < -0.39 is 0 Å². The maximum absolute atomic E-state index is 13.1. The molecule has 1 aromatic heterocycles. The van der Waals surface area contributed by atoms with Crippen LogP contribution in [-0.2, 0) is 0 Å². The monoisotopic (exact) mass is 434 g/mol. The number of aromatic nitrogens is 1. The van der Waals surface area contributed by atoms with Gasteiger partial charge in [0, 0.05) is 49.2 Å². The fourth-order valence-corrected chi connectivity index (χ4v) is 3.66. The molecule has 1 N–H and O–H groups in total. The number of amides is 2. The molecule has 0 saturated carbocycles. The number of rotatable bonds is 4. The molecule has 1 aliphatic heterocycles. The molecule has 0 radical (unpaired) electrons.